The fraction of sp³-hybridized carbons (Fsp3) is 0.500. The van der Waals surface area contributed by atoms with E-state index in [0.717, 1.165) is 39.3 Å². The fourth-order valence-corrected chi connectivity index (χ4v) is 2.03. The highest BCUT2D eigenvalue weighted by molar-refractivity contribution is 5.44. The monoisotopic (exact) mass is 260 g/mol. The van der Waals surface area contributed by atoms with Gasteiger partial charge in [-0.25, -0.2) is 0 Å². The predicted molar refractivity (Wildman–Crippen MR) is 74.0 cm³/mol. The van der Waals surface area contributed by atoms with Gasteiger partial charge in [0.25, 0.3) is 0 Å². The van der Waals surface area contributed by atoms with Gasteiger partial charge >= 0.3 is 0 Å². The first-order valence-corrected chi connectivity index (χ1v) is 6.94. The zero-order valence-corrected chi connectivity index (χ0v) is 11.1. The Kier molecular flexibility index (Phi) is 4.28. The Hall–Kier alpha value is -1.16. The fourth-order valence-electron chi connectivity index (χ4n) is 2.03. The van der Waals surface area contributed by atoms with E-state index in [1.54, 1.807) is 0 Å². The van der Waals surface area contributed by atoms with E-state index in [1.807, 2.05) is 0 Å². The minimum Gasteiger partial charge on any atom is -0.376 e. The van der Waals surface area contributed by atoms with Crippen molar-refractivity contribution in [2.45, 2.75) is 25.0 Å². The summed E-state index contributed by atoms with van der Waals surface area (Å²) < 4.78 is 15.1. The Balaban J connectivity index is 0.000000117. The molecule has 0 aromatic heterocycles. The lowest BCUT2D eigenvalue weighted by molar-refractivity contribution is 0.102. The van der Waals surface area contributed by atoms with E-state index in [4.69, 9.17) is 14.2 Å². The summed E-state index contributed by atoms with van der Waals surface area (Å²) in [5.41, 5.74) is 2.98. The van der Waals surface area contributed by atoms with E-state index >= 15 is 0 Å². The molecule has 2 fully saturated rings. The molecule has 0 amide bonds. The quantitative estimate of drug-likeness (QED) is 0.712. The van der Waals surface area contributed by atoms with Crippen LogP contribution in [-0.2, 0) is 14.2 Å². The first-order valence-electron chi connectivity index (χ1n) is 6.94. The molecule has 2 heterocycles. The highest BCUT2D eigenvalue weighted by Crippen LogP contribution is 2.25. The lowest BCUT2D eigenvalue weighted by atomic mass is 10.1. The topological polar surface area (TPSA) is 34.3 Å². The Bertz CT molecular complexity index is 383. The van der Waals surface area contributed by atoms with Crippen LogP contribution in [0.3, 0.4) is 0 Å². The maximum Gasteiger partial charge on any atom is 0.104 e. The number of ether oxygens (including phenoxy) is 3. The second-order valence-electron chi connectivity index (χ2n) is 5.10. The van der Waals surface area contributed by atoms with Crippen LogP contribution in [0.1, 0.15) is 12.8 Å². The molecule has 0 aromatic carbocycles. The molecule has 0 radical (unpaired) electrons. The van der Waals surface area contributed by atoms with E-state index in [-0.39, 0.29) is 0 Å². The van der Waals surface area contributed by atoms with Crippen LogP contribution in [-0.4, -0.2) is 38.6 Å². The van der Waals surface area contributed by atoms with Gasteiger partial charge in [-0.2, -0.15) is 0 Å². The Morgan fingerprint density at radius 1 is 0.895 bits per heavy atom. The van der Waals surface area contributed by atoms with Crippen molar-refractivity contribution in [1.29, 1.82) is 0 Å². The van der Waals surface area contributed by atoms with Crippen molar-refractivity contribution in [3.8, 4) is 0 Å². The molecule has 0 bridgehead atoms. The smallest absolute Gasteiger partial charge is 0.104 e. The van der Waals surface area contributed by atoms with Gasteiger partial charge in [-0.05, 0) is 24.0 Å². The number of allylic oxidation sites excluding steroid dienone is 8. The second-order valence-corrected chi connectivity index (χ2v) is 5.10. The van der Waals surface area contributed by atoms with Crippen LogP contribution in [0.25, 0.3) is 0 Å². The molecule has 2 atom stereocenters. The number of rotatable bonds is 5. The van der Waals surface area contributed by atoms with E-state index in [9.17, 15) is 0 Å². The summed E-state index contributed by atoms with van der Waals surface area (Å²) in [6.07, 6.45) is 16.1. The lowest BCUT2D eigenvalue weighted by Gasteiger charge is -1.99. The van der Waals surface area contributed by atoms with E-state index < -0.39 is 0 Å². The van der Waals surface area contributed by atoms with Crippen molar-refractivity contribution in [3.63, 3.8) is 0 Å². The van der Waals surface area contributed by atoms with Gasteiger partial charge in [0, 0.05) is 0 Å². The minimum absolute atomic E-state index is 0.392. The molecule has 2 aliphatic heterocycles. The van der Waals surface area contributed by atoms with Gasteiger partial charge in [0.2, 0.25) is 0 Å². The Labute approximate surface area is 114 Å². The molecule has 3 nitrogen and oxygen atoms in total. The summed E-state index contributed by atoms with van der Waals surface area (Å²) in [6, 6.07) is 0. The van der Waals surface area contributed by atoms with Gasteiger partial charge < -0.3 is 14.2 Å². The van der Waals surface area contributed by atoms with Crippen LogP contribution < -0.4 is 0 Å². The van der Waals surface area contributed by atoms with Crippen molar-refractivity contribution in [3.05, 3.63) is 47.6 Å². The molecule has 4 aliphatic rings. The summed E-state index contributed by atoms with van der Waals surface area (Å²) in [4.78, 5) is 0. The van der Waals surface area contributed by atoms with Crippen LogP contribution in [0.2, 0.25) is 0 Å². The second kappa shape index (κ2) is 6.33. The van der Waals surface area contributed by atoms with Crippen LogP contribution in [0, 0.1) is 0 Å². The van der Waals surface area contributed by atoms with Crippen molar-refractivity contribution in [2.24, 2.45) is 0 Å². The van der Waals surface area contributed by atoms with Gasteiger partial charge in [-0.15, -0.1) is 0 Å². The molecule has 3 heteroatoms. The normalized spacial score (nSPS) is 29.7. The van der Waals surface area contributed by atoms with Crippen LogP contribution in [0.4, 0.5) is 0 Å². The van der Waals surface area contributed by atoms with Crippen LogP contribution >= 0.6 is 0 Å². The largest absolute Gasteiger partial charge is 0.376 e. The molecular weight excluding hydrogens is 240 g/mol. The SMILES string of the molecule is C(OCC1CO1)C1CO1.C1=CCC(C2=CC=CC2)=C1. The van der Waals surface area contributed by atoms with Crippen molar-refractivity contribution >= 4 is 0 Å². The van der Waals surface area contributed by atoms with Gasteiger partial charge in [0.05, 0.1) is 26.4 Å². The molecule has 2 aliphatic carbocycles. The minimum atomic E-state index is 0.392. The third kappa shape index (κ3) is 4.46. The molecule has 0 aromatic rings. The molecule has 0 N–H and O–H groups in total. The standard InChI is InChI=1S/C10H10.C6H10O3/c1-2-6-9(5-1)10-7-3-4-8-10;1(5-3-8-5)7-2-6-4-9-6/h1-5,7H,6,8H2;5-6H,1-4H2. The molecule has 0 saturated carbocycles. The maximum absolute atomic E-state index is 5.23. The first kappa shape index (κ1) is 12.9. The molecule has 102 valence electrons. The first-order chi connectivity index (χ1) is 9.42. The average Bonchev–Trinajstić information content (AvgIpc) is 3.30. The number of epoxide rings is 2. The van der Waals surface area contributed by atoms with Crippen LogP contribution in [0.5, 0.6) is 0 Å². The Morgan fingerprint density at radius 2 is 1.37 bits per heavy atom. The van der Waals surface area contributed by atoms with Gasteiger partial charge in [0.1, 0.15) is 12.2 Å². The molecule has 4 rings (SSSR count). The van der Waals surface area contributed by atoms with Crippen LogP contribution in [0.15, 0.2) is 47.6 Å². The summed E-state index contributed by atoms with van der Waals surface area (Å²) in [7, 11) is 0. The molecule has 19 heavy (non-hydrogen) atoms. The van der Waals surface area contributed by atoms with E-state index in [0.29, 0.717) is 12.2 Å². The third-order valence-electron chi connectivity index (χ3n) is 3.37. The summed E-state index contributed by atoms with van der Waals surface area (Å²) in [5.74, 6) is 0. The average molecular weight is 260 g/mol. The molecule has 2 saturated heterocycles. The zero-order chi connectivity index (χ0) is 12.9. The van der Waals surface area contributed by atoms with Crippen molar-refractivity contribution < 1.29 is 14.2 Å². The lowest BCUT2D eigenvalue weighted by Crippen LogP contribution is -2.06. The Morgan fingerprint density at radius 3 is 1.68 bits per heavy atom. The number of hydrogen-bond acceptors (Lipinski definition) is 3. The zero-order valence-electron chi connectivity index (χ0n) is 11.1. The van der Waals surface area contributed by atoms with E-state index in [2.05, 4.69) is 36.5 Å². The highest BCUT2D eigenvalue weighted by atomic mass is 16.6. The van der Waals surface area contributed by atoms with Crippen molar-refractivity contribution in [1.82, 2.24) is 0 Å². The van der Waals surface area contributed by atoms with Gasteiger partial charge in [-0.3, -0.25) is 0 Å². The molecule has 2 unspecified atom stereocenters. The predicted octanol–water partition coefficient (Wildman–Crippen LogP) is 2.56. The van der Waals surface area contributed by atoms with Crippen molar-refractivity contribution in [2.75, 3.05) is 26.4 Å². The summed E-state index contributed by atoms with van der Waals surface area (Å²) in [6.45, 7) is 3.26. The number of hydrogen-bond donors (Lipinski definition) is 0. The van der Waals surface area contributed by atoms with Gasteiger partial charge in [0.15, 0.2) is 0 Å². The third-order valence-corrected chi connectivity index (χ3v) is 3.37. The van der Waals surface area contributed by atoms with Gasteiger partial charge in [-0.1, -0.05) is 36.5 Å². The summed E-state index contributed by atoms with van der Waals surface area (Å²) in [5, 5.41) is 0. The molecule has 0 spiro atoms. The maximum atomic E-state index is 5.23. The highest BCUT2D eigenvalue weighted by Gasteiger charge is 2.26. The molecular formula is C16H20O3. The van der Waals surface area contributed by atoms with E-state index in [1.165, 1.54) is 11.1 Å². The summed E-state index contributed by atoms with van der Waals surface area (Å²) >= 11 is 0.